The molecule has 1 aliphatic carbocycles. The van der Waals surface area contributed by atoms with Gasteiger partial charge in [-0.3, -0.25) is 0 Å². The van der Waals surface area contributed by atoms with Crippen molar-refractivity contribution in [3.8, 4) is 5.75 Å². The fourth-order valence-electron chi connectivity index (χ4n) is 1.92. The second-order valence-corrected chi connectivity index (χ2v) is 6.15. The topological polar surface area (TPSA) is 47.9 Å². The van der Waals surface area contributed by atoms with Gasteiger partial charge < -0.3 is 19.3 Å². The molecule has 4 nitrogen and oxygen atoms in total. The molecule has 1 aromatic rings. The van der Waals surface area contributed by atoms with Gasteiger partial charge in [-0.2, -0.15) is 0 Å². The SMILES string of the molecule is COCCOC1C(O)CC1Oc1cc(Cl)c(Br)cc1Cl. The van der Waals surface area contributed by atoms with Gasteiger partial charge >= 0.3 is 0 Å². The first-order chi connectivity index (χ1) is 9.52. The number of ether oxygens (including phenoxy) is 3. The number of rotatable bonds is 6. The van der Waals surface area contributed by atoms with Crippen LogP contribution in [0.2, 0.25) is 10.0 Å². The van der Waals surface area contributed by atoms with Crippen LogP contribution in [0.5, 0.6) is 5.75 Å². The van der Waals surface area contributed by atoms with Gasteiger partial charge in [0, 0.05) is 24.1 Å². The van der Waals surface area contributed by atoms with Crippen LogP contribution >= 0.6 is 39.1 Å². The highest BCUT2D eigenvalue weighted by Gasteiger charge is 2.43. The van der Waals surface area contributed by atoms with Crippen LogP contribution in [0.1, 0.15) is 6.42 Å². The molecule has 1 aromatic carbocycles. The number of aliphatic hydroxyl groups is 1. The zero-order valence-corrected chi connectivity index (χ0v) is 13.9. The molecule has 20 heavy (non-hydrogen) atoms. The van der Waals surface area contributed by atoms with Crippen molar-refractivity contribution in [1.29, 1.82) is 0 Å². The van der Waals surface area contributed by atoms with Crippen LogP contribution in [0.15, 0.2) is 16.6 Å². The van der Waals surface area contributed by atoms with Crippen molar-refractivity contribution in [3.63, 3.8) is 0 Å². The highest BCUT2D eigenvalue weighted by molar-refractivity contribution is 9.10. The molecule has 3 atom stereocenters. The smallest absolute Gasteiger partial charge is 0.140 e. The molecule has 1 N–H and O–H groups in total. The zero-order chi connectivity index (χ0) is 14.7. The van der Waals surface area contributed by atoms with E-state index in [4.69, 9.17) is 37.4 Å². The van der Waals surface area contributed by atoms with Crippen LogP contribution in [0, 0.1) is 0 Å². The molecule has 2 rings (SSSR count). The normalized spacial score (nSPS) is 25.4. The Balaban J connectivity index is 1.97. The molecule has 7 heteroatoms. The zero-order valence-electron chi connectivity index (χ0n) is 10.8. The average molecular weight is 386 g/mol. The number of hydrogen-bond acceptors (Lipinski definition) is 4. The summed E-state index contributed by atoms with van der Waals surface area (Å²) in [5.41, 5.74) is 0. The number of methoxy groups -OCH3 is 1. The molecule has 0 aromatic heterocycles. The molecule has 0 spiro atoms. The molecule has 112 valence electrons. The van der Waals surface area contributed by atoms with Crippen LogP contribution < -0.4 is 4.74 Å². The fourth-order valence-corrected chi connectivity index (χ4v) is 2.75. The molecule has 0 radical (unpaired) electrons. The Labute approximate surface area is 136 Å². The van der Waals surface area contributed by atoms with Crippen molar-refractivity contribution in [2.75, 3.05) is 20.3 Å². The monoisotopic (exact) mass is 384 g/mol. The van der Waals surface area contributed by atoms with E-state index in [1.54, 1.807) is 19.2 Å². The van der Waals surface area contributed by atoms with E-state index in [0.29, 0.717) is 39.9 Å². The minimum atomic E-state index is -0.526. The lowest BCUT2D eigenvalue weighted by Gasteiger charge is -2.40. The fraction of sp³-hybridized carbons (Fsp3) is 0.538. The Morgan fingerprint density at radius 1 is 1.30 bits per heavy atom. The lowest BCUT2D eigenvalue weighted by atomic mass is 9.88. The van der Waals surface area contributed by atoms with E-state index in [-0.39, 0.29) is 12.2 Å². The van der Waals surface area contributed by atoms with Gasteiger partial charge in [0.15, 0.2) is 0 Å². The van der Waals surface area contributed by atoms with E-state index in [1.807, 2.05) is 0 Å². The maximum atomic E-state index is 9.71. The Morgan fingerprint density at radius 3 is 2.70 bits per heavy atom. The van der Waals surface area contributed by atoms with Crippen molar-refractivity contribution < 1.29 is 19.3 Å². The van der Waals surface area contributed by atoms with Gasteiger partial charge in [-0.05, 0) is 22.0 Å². The number of halogens is 3. The first-order valence-corrected chi connectivity index (χ1v) is 7.67. The molecule has 0 aliphatic heterocycles. The summed E-state index contributed by atoms with van der Waals surface area (Å²) in [5.74, 6) is 0.483. The Morgan fingerprint density at radius 2 is 2.05 bits per heavy atom. The van der Waals surface area contributed by atoms with Crippen molar-refractivity contribution in [1.82, 2.24) is 0 Å². The summed E-state index contributed by atoms with van der Waals surface area (Å²) in [5, 5.41) is 10.7. The number of aliphatic hydroxyl groups excluding tert-OH is 1. The predicted molar refractivity (Wildman–Crippen MR) is 80.8 cm³/mol. The molecular weight excluding hydrogens is 371 g/mol. The minimum Gasteiger partial charge on any atom is -0.486 e. The van der Waals surface area contributed by atoms with Crippen molar-refractivity contribution in [2.24, 2.45) is 0 Å². The molecule has 1 saturated carbocycles. The van der Waals surface area contributed by atoms with Crippen LogP contribution in [0.25, 0.3) is 0 Å². The summed E-state index contributed by atoms with van der Waals surface area (Å²) in [7, 11) is 1.60. The summed E-state index contributed by atoms with van der Waals surface area (Å²) in [6.07, 6.45) is -0.636. The third-order valence-electron chi connectivity index (χ3n) is 3.07. The Hall–Kier alpha value is -0.0400. The molecule has 0 amide bonds. The molecule has 0 saturated heterocycles. The second kappa shape index (κ2) is 7.29. The summed E-state index contributed by atoms with van der Waals surface area (Å²) < 4.78 is 16.9. The van der Waals surface area contributed by atoms with Crippen LogP contribution in [-0.2, 0) is 9.47 Å². The van der Waals surface area contributed by atoms with E-state index in [2.05, 4.69) is 15.9 Å². The van der Waals surface area contributed by atoms with E-state index in [1.165, 1.54) is 0 Å². The predicted octanol–water partition coefficient (Wildman–Crippen LogP) is 3.30. The summed E-state index contributed by atoms with van der Waals surface area (Å²) >= 11 is 15.4. The van der Waals surface area contributed by atoms with Gasteiger partial charge in [0.25, 0.3) is 0 Å². The lowest BCUT2D eigenvalue weighted by molar-refractivity contribution is -0.167. The molecular formula is C13H15BrCl2O4. The molecule has 1 aliphatic rings. The highest BCUT2D eigenvalue weighted by atomic mass is 79.9. The highest BCUT2D eigenvalue weighted by Crippen LogP contribution is 2.37. The first kappa shape index (κ1) is 16.3. The van der Waals surface area contributed by atoms with Gasteiger partial charge in [-0.25, -0.2) is 0 Å². The average Bonchev–Trinajstić information content (AvgIpc) is 2.40. The second-order valence-electron chi connectivity index (χ2n) is 4.48. The summed E-state index contributed by atoms with van der Waals surface area (Å²) in [6.45, 7) is 0.883. The number of benzene rings is 1. The van der Waals surface area contributed by atoms with Gasteiger partial charge in [-0.1, -0.05) is 23.2 Å². The van der Waals surface area contributed by atoms with E-state index >= 15 is 0 Å². The van der Waals surface area contributed by atoms with E-state index < -0.39 is 6.10 Å². The summed E-state index contributed by atoms with van der Waals surface area (Å²) in [6, 6.07) is 3.32. The van der Waals surface area contributed by atoms with Crippen molar-refractivity contribution in [3.05, 3.63) is 26.7 Å². The molecule has 1 fully saturated rings. The maximum absolute atomic E-state index is 9.71. The molecule has 3 unspecified atom stereocenters. The van der Waals surface area contributed by atoms with E-state index in [0.717, 1.165) is 0 Å². The van der Waals surface area contributed by atoms with Crippen LogP contribution in [0.3, 0.4) is 0 Å². The largest absolute Gasteiger partial charge is 0.486 e. The standard InChI is InChI=1S/C13H15BrCl2O4/c1-18-2-3-19-13-10(17)6-12(13)20-11-5-8(15)7(14)4-9(11)16/h4-5,10,12-13,17H,2-3,6H2,1H3. The van der Waals surface area contributed by atoms with Gasteiger partial charge in [0.2, 0.25) is 0 Å². The quantitative estimate of drug-likeness (QED) is 0.602. The van der Waals surface area contributed by atoms with Gasteiger partial charge in [-0.15, -0.1) is 0 Å². The van der Waals surface area contributed by atoms with Crippen LogP contribution in [-0.4, -0.2) is 43.7 Å². The van der Waals surface area contributed by atoms with Gasteiger partial charge in [0.05, 0.1) is 29.4 Å². The maximum Gasteiger partial charge on any atom is 0.140 e. The van der Waals surface area contributed by atoms with E-state index in [9.17, 15) is 5.11 Å². The molecule has 0 bridgehead atoms. The van der Waals surface area contributed by atoms with Crippen LogP contribution in [0.4, 0.5) is 0 Å². The lowest BCUT2D eigenvalue weighted by Crippen LogP contribution is -2.55. The Bertz CT molecular complexity index is 472. The first-order valence-electron chi connectivity index (χ1n) is 6.12. The van der Waals surface area contributed by atoms with Crippen molar-refractivity contribution in [2.45, 2.75) is 24.7 Å². The third kappa shape index (κ3) is 3.78. The molecule has 0 heterocycles. The minimum absolute atomic E-state index is 0.239. The third-order valence-corrected chi connectivity index (χ3v) is 4.56. The van der Waals surface area contributed by atoms with Crippen molar-refractivity contribution >= 4 is 39.1 Å². The van der Waals surface area contributed by atoms with Gasteiger partial charge in [0.1, 0.15) is 18.0 Å². The summed E-state index contributed by atoms with van der Waals surface area (Å²) in [4.78, 5) is 0. The Kier molecular flexibility index (Phi) is 5.95. The number of hydrogen-bond donors (Lipinski definition) is 1.